The van der Waals surface area contributed by atoms with Crippen molar-refractivity contribution in [1.29, 1.82) is 0 Å². The average Bonchev–Trinajstić information content (AvgIpc) is 2.45. The number of pyridine rings is 1. The van der Waals surface area contributed by atoms with Gasteiger partial charge >= 0.3 is 0 Å². The predicted octanol–water partition coefficient (Wildman–Crippen LogP) is 3.39. The van der Waals surface area contributed by atoms with Crippen LogP contribution in [0.4, 0.5) is 0 Å². The molecule has 0 aliphatic rings. The number of hydrogen-bond donors (Lipinski definition) is 1. The van der Waals surface area contributed by atoms with E-state index >= 15 is 0 Å². The first-order valence-corrected chi connectivity index (χ1v) is 6.96. The molecule has 1 heterocycles. The fourth-order valence-corrected chi connectivity index (χ4v) is 2.02. The first-order chi connectivity index (χ1) is 9.22. The van der Waals surface area contributed by atoms with Crippen molar-refractivity contribution in [2.24, 2.45) is 0 Å². The van der Waals surface area contributed by atoms with Crippen molar-refractivity contribution in [2.45, 2.75) is 39.3 Å². The monoisotopic (exact) mass is 258 g/mol. The summed E-state index contributed by atoms with van der Waals surface area (Å²) in [6.45, 7) is 7.44. The van der Waals surface area contributed by atoms with Crippen molar-refractivity contribution in [1.82, 2.24) is 10.3 Å². The number of ether oxygens (including phenoxy) is 1. The van der Waals surface area contributed by atoms with Gasteiger partial charge in [0.25, 0.3) is 0 Å². The van der Waals surface area contributed by atoms with Crippen LogP contribution < -0.4 is 10.1 Å². The fourth-order valence-electron chi connectivity index (χ4n) is 2.02. The van der Waals surface area contributed by atoms with E-state index in [2.05, 4.69) is 37.1 Å². The van der Waals surface area contributed by atoms with Gasteiger partial charge in [-0.2, -0.15) is 0 Å². The van der Waals surface area contributed by atoms with Crippen molar-refractivity contribution in [2.75, 3.05) is 6.54 Å². The molecule has 0 saturated carbocycles. The van der Waals surface area contributed by atoms with E-state index in [0.717, 1.165) is 29.6 Å². The van der Waals surface area contributed by atoms with Crippen LogP contribution in [-0.2, 0) is 0 Å². The molecule has 0 spiro atoms. The summed E-state index contributed by atoms with van der Waals surface area (Å²) in [7, 11) is 0. The van der Waals surface area contributed by atoms with Crippen LogP contribution in [-0.4, -0.2) is 23.7 Å². The molecule has 1 N–H and O–H groups in total. The topological polar surface area (TPSA) is 34.1 Å². The van der Waals surface area contributed by atoms with Crippen molar-refractivity contribution in [3.05, 3.63) is 36.5 Å². The Hall–Kier alpha value is -1.61. The molecule has 0 saturated heterocycles. The van der Waals surface area contributed by atoms with Crippen molar-refractivity contribution in [3.8, 4) is 5.75 Å². The standard InChI is InChI=1S/C16H22N2O/c1-4-10-17-12(2)13(3)19-16-9-5-8-15-14(16)7-6-11-18-15/h5-9,11-13,17H,4,10H2,1-3H3. The van der Waals surface area contributed by atoms with Gasteiger partial charge in [-0.3, -0.25) is 4.98 Å². The second-order valence-corrected chi connectivity index (χ2v) is 4.89. The van der Waals surface area contributed by atoms with Gasteiger partial charge in [0.1, 0.15) is 11.9 Å². The van der Waals surface area contributed by atoms with Crippen LogP contribution >= 0.6 is 0 Å². The van der Waals surface area contributed by atoms with Crippen molar-refractivity contribution < 1.29 is 4.74 Å². The van der Waals surface area contributed by atoms with Gasteiger partial charge in [-0.05, 0) is 51.1 Å². The lowest BCUT2D eigenvalue weighted by atomic mass is 10.1. The third-order valence-electron chi connectivity index (χ3n) is 3.34. The van der Waals surface area contributed by atoms with Crippen LogP contribution in [0.5, 0.6) is 5.75 Å². The molecule has 1 aromatic heterocycles. The number of aromatic nitrogens is 1. The molecule has 2 atom stereocenters. The maximum atomic E-state index is 6.08. The summed E-state index contributed by atoms with van der Waals surface area (Å²) in [5.41, 5.74) is 0.973. The van der Waals surface area contributed by atoms with E-state index in [9.17, 15) is 0 Å². The van der Waals surface area contributed by atoms with Gasteiger partial charge in [0.05, 0.1) is 5.52 Å². The van der Waals surface area contributed by atoms with Gasteiger partial charge in [0, 0.05) is 17.6 Å². The molecule has 0 radical (unpaired) electrons. The maximum Gasteiger partial charge on any atom is 0.129 e. The Morgan fingerprint density at radius 1 is 1.21 bits per heavy atom. The van der Waals surface area contributed by atoms with E-state index in [1.807, 2.05) is 24.3 Å². The highest BCUT2D eigenvalue weighted by Crippen LogP contribution is 2.25. The predicted molar refractivity (Wildman–Crippen MR) is 79.6 cm³/mol. The third kappa shape index (κ3) is 3.44. The number of benzene rings is 1. The third-order valence-corrected chi connectivity index (χ3v) is 3.34. The summed E-state index contributed by atoms with van der Waals surface area (Å²) in [4.78, 5) is 4.35. The highest BCUT2D eigenvalue weighted by molar-refractivity contribution is 5.84. The normalized spacial score (nSPS) is 14.3. The van der Waals surface area contributed by atoms with E-state index < -0.39 is 0 Å². The summed E-state index contributed by atoms with van der Waals surface area (Å²) < 4.78 is 6.08. The summed E-state index contributed by atoms with van der Waals surface area (Å²) in [6, 6.07) is 10.3. The lowest BCUT2D eigenvalue weighted by Gasteiger charge is -2.23. The van der Waals surface area contributed by atoms with Gasteiger partial charge in [0.2, 0.25) is 0 Å². The number of fused-ring (bicyclic) bond motifs is 1. The lowest BCUT2D eigenvalue weighted by Crippen LogP contribution is -2.39. The van der Waals surface area contributed by atoms with E-state index in [0.29, 0.717) is 6.04 Å². The number of nitrogens with one attached hydrogen (secondary N) is 1. The Morgan fingerprint density at radius 2 is 2.05 bits per heavy atom. The molecule has 2 unspecified atom stereocenters. The first kappa shape index (κ1) is 13.8. The van der Waals surface area contributed by atoms with E-state index in [1.54, 1.807) is 6.20 Å². The number of hydrogen-bond acceptors (Lipinski definition) is 3. The number of rotatable bonds is 6. The molecule has 2 aromatic rings. The molecule has 19 heavy (non-hydrogen) atoms. The average molecular weight is 258 g/mol. The maximum absolute atomic E-state index is 6.08. The lowest BCUT2D eigenvalue weighted by molar-refractivity contribution is 0.180. The van der Waals surface area contributed by atoms with Crippen molar-refractivity contribution >= 4 is 10.9 Å². The van der Waals surface area contributed by atoms with Gasteiger partial charge in [-0.15, -0.1) is 0 Å². The van der Waals surface area contributed by atoms with Crippen LogP contribution in [0.25, 0.3) is 10.9 Å². The quantitative estimate of drug-likeness (QED) is 0.862. The molecule has 0 bridgehead atoms. The van der Waals surface area contributed by atoms with E-state index in [-0.39, 0.29) is 6.10 Å². The fraction of sp³-hybridized carbons (Fsp3) is 0.438. The second kappa shape index (κ2) is 6.53. The van der Waals surface area contributed by atoms with Crippen LogP contribution in [0.3, 0.4) is 0 Å². The molecule has 0 aliphatic heterocycles. The Bertz CT molecular complexity index is 522. The van der Waals surface area contributed by atoms with E-state index in [1.165, 1.54) is 0 Å². The minimum absolute atomic E-state index is 0.123. The highest BCUT2D eigenvalue weighted by Gasteiger charge is 2.14. The largest absolute Gasteiger partial charge is 0.488 e. The summed E-state index contributed by atoms with van der Waals surface area (Å²) in [5.74, 6) is 0.906. The molecule has 3 heteroatoms. The van der Waals surface area contributed by atoms with Gasteiger partial charge in [-0.25, -0.2) is 0 Å². The second-order valence-electron chi connectivity index (χ2n) is 4.89. The Kier molecular flexibility index (Phi) is 4.74. The van der Waals surface area contributed by atoms with Gasteiger partial charge in [-0.1, -0.05) is 13.0 Å². The van der Waals surface area contributed by atoms with Gasteiger partial charge in [0.15, 0.2) is 0 Å². The van der Waals surface area contributed by atoms with Crippen LogP contribution in [0.15, 0.2) is 36.5 Å². The molecule has 0 aliphatic carbocycles. The zero-order valence-corrected chi connectivity index (χ0v) is 11.9. The smallest absolute Gasteiger partial charge is 0.129 e. The zero-order chi connectivity index (χ0) is 13.7. The zero-order valence-electron chi connectivity index (χ0n) is 11.9. The van der Waals surface area contributed by atoms with Crippen LogP contribution in [0, 0.1) is 0 Å². The summed E-state index contributed by atoms with van der Waals surface area (Å²) in [6.07, 6.45) is 3.06. The van der Waals surface area contributed by atoms with Crippen molar-refractivity contribution in [3.63, 3.8) is 0 Å². The minimum Gasteiger partial charge on any atom is -0.488 e. The van der Waals surface area contributed by atoms with Crippen LogP contribution in [0.1, 0.15) is 27.2 Å². The Labute approximate surface area is 115 Å². The minimum atomic E-state index is 0.123. The first-order valence-electron chi connectivity index (χ1n) is 6.96. The SMILES string of the molecule is CCCNC(C)C(C)Oc1cccc2ncccc12. The van der Waals surface area contributed by atoms with Gasteiger partial charge < -0.3 is 10.1 Å². The molecule has 1 aromatic carbocycles. The molecule has 0 amide bonds. The summed E-state index contributed by atoms with van der Waals surface area (Å²) >= 11 is 0. The van der Waals surface area contributed by atoms with E-state index in [4.69, 9.17) is 4.74 Å². The summed E-state index contributed by atoms with van der Waals surface area (Å²) in [5, 5.41) is 4.53. The molecule has 102 valence electrons. The van der Waals surface area contributed by atoms with Crippen LogP contribution in [0.2, 0.25) is 0 Å². The molecular weight excluding hydrogens is 236 g/mol. The molecule has 3 nitrogen and oxygen atoms in total. The Morgan fingerprint density at radius 3 is 2.84 bits per heavy atom. The Balaban J connectivity index is 2.12. The molecular formula is C16H22N2O. The molecule has 2 rings (SSSR count). The molecule has 0 fully saturated rings. The number of nitrogens with zero attached hydrogens (tertiary/aromatic N) is 1. The highest BCUT2D eigenvalue weighted by atomic mass is 16.5.